The molecule has 200 valence electrons. The first-order chi connectivity index (χ1) is 19.0. The lowest BCUT2D eigenvalue weighted by Gasteiger charge is -2.17. The maximum Gasteiger partial charge on any atom is 0.141 e. The van der Waals surface area contributed by atoms with Crippen molar-refractivity contribution in [2.75, 3.05) is 25.0 Å². The summed E-state index contributed by atoms with van der Waals surface area (Å²) in [4.78, 5) is 11.2. The van der Waals surface area contributed by atoms with Gasteiger partial charge in [0.25, 0.3) is 0 Å². The Labute approximate surface area is 231 Å². The van der Waals surface area contributed by atoms with Crippen LogP contribution in [0.1, 0.15) is 19.4 Å². The van der Waals surface area contributed by atoms with Crippen LogP contribution in [0.15, 0.2) is 73.2 Å². The van der Waals surface area contributed by atoms with Crippen LogP contribution in [0.4, 0.5) is 15.9 Å². The van der Waals surface area contributed by atoms with Crippen LogP contribution in [0, 0.1) is 5.82 Å². The third-order valence-electron chi connectivity index (χ3n) is 6.49. The molecule has 1 N–H and O–H groups in total. The lowest BCUT2D eigenvalue weighted by molar-refractivity contribution is 0.284. The van der Waals surface area contributed by atoms with Crippen LogP contribution < -0.4 is 10.1 Å². The second-order valence-electron chi connectivity index (χ2n) is 9.04. The fourth-order valence-corrected chi connectivity index (χ4v) is 4.49. The van der Waals surface area contributed by atoms with Crippen LogP contribution in [-0.4, -0.2) is 49.5 Å². The highest BCUT2D eigenvalue weighted by atomic mass is 35.5. The number of halogens is 2. The third kappa shape index (κ3) is 6.50. The van der Waals surface area contributed by atoms with Crippen LogP contribution in [0.2, 0.25) is 5.02 Å². The fourth-order valence-electron chi connectivity index (χ4n) is 4.26. The van der Waals surface area contributed by atoms with Gasteiger partial charge in [-0.05, 0) is 61.1 Å². The Kier molecular flexibility index (Phi) is 8.29. The van der Waals surface area contributed by atoms with Gasteiger partial charge in [-0.2, -0.15) is 0 Å². The number of nitrogens with zero attached hydrogens (tertiary/aromatic N) is 6. The molecule has 5 aromatic rings. The molecule has 0 radical (unpaired) electrons. The van der Waals surface area contributed by atoms with Gasteiger partial charge in [-0.25, -0.2) is 14.4 Å². The molecular weight excluding hydrogens is 517 g/mol. The molecule has 0 unspecified atom stereocenters. The first-order valence-electron chi connectivity index (χ1n) is 12.8. The van der Waals surface area contributed by atoms with Crippen molar-refractivity contribution >= 4 is 34.0 Å². The van der Waals surface area contributed by atoms with Crippen molar-refractivity contribution in [1.82, 2.24) is 29.9 Å². The average molecular weight is 546 g/mol. The quantitative estimate of drug-likeness (QED) is 0.207. The molecule has 0 amide bonds. The zero-order valence-electron chi connectivity index (χ0n) is 21.8. The summed E-state index contributed by atoms with van der Waals surface area (Å²) < 4.78 is 21.1. The van der Waals surface area contributed by atoms with E-state index in [0.717, 1.165) is 59.6 Å². The molecule has 10 heteroatoms. The SMILES string of the molecule is CCN(CC)CCn1cc(-c2ccc3ncnc(Nc4ccc(OCc5cccc(F)c5)c(Cl)c4)c3c2)nn1. The number of ether oxygens (including phenoxy) is 1. The minimum absolute atomic E-state index is 0.212. The minimum Gasteiger partial charge on any atom is -0.487 e. The van der Waals surface area contributed by atoms with E-state index in [1.807, 2.05) is 35.1 Å². The zero-order valence-corrected chi connectivity index (χ0v) is 22.6. The zero-order chi connectivity index (χ0) is 27.2. The van der Waals surface area contributed by atoms with Crippen molar-refractivity contribution in [3.8, 4) is 17.0 Å². The van der Waals surface area contributed by atoms with Crippen LogP contribution in [0.5, 0.6) is 5.75 Å². The topological polar surface area (TPSA) is 81.0 Å². The highest BCUT2D eigenvalue weighted by molar-refractivity contribution is 6.32. The van der Waals surface area contributed by atoms with Gasteiger partial charge in [-0.15, -0.1) is 5.10 Å². The van der Waals surface area contributed by atoms with Crippen molar-refractivity contribution in [1.29, 1.82) is 0 Å². The van der Waals surface area contributed by atoms with Crippen LogP contribution in [0.25, 0.3) is 22.2 Å². The van der Waals surface area contributed by atoms with Gasteiger partial charge >= 0.3 is 0 Å². The molecule has 0 aliphatic heterocycles. The Balaban J connectivity index is 1.32. The van der Waals surface area contributed by atoms with Crippen molar-refractivity contribution in [2.45, 2.75) is 27.0 Å². The molecule has 0 bridgehead atoms. The highest BCUT2D eigenvalue weighted by Gasteiger charge is 2.11. The molecule has 8 nitrogen and oxygen atoms in total. The Bertz CT molecular complexity index is 1570. The predicted octanol–water partition coefficient (Wildman–Crippen LogP) is 6.35. The van der Waals surface area contributed by atoms with Crippen molar-refractivity contribution in [3.63, 3.8) is 0 Å². The standard InChI is InChI=1S/C29H29ClFN7O/c1-3-37(4-2)12-13-38-17-27(35-36-38)21-8-10-26-24(15-21)29(33-19-32-26)34-23-9-11-28(25(30)16-23)39-18-20-6-5-7-22(31)14-20/h5-11,14-17,19H,3-4,12-13,18H2,1-2H3,(H,32,33,34). The first kappa shape index (κ1) is 26.5. The van der Waals surface area contributed by atoms with E-state index in [4.69, 9.17) is 16.3 Å². The lowest BCUT2D eigenvalue weighted by atomic mass is 10.1. The van der Waals surface area contributed by atoms with E-state index in [1.165, 1.54) is 18.5 Å². The van der Waals surface area contributed by atoms with Crippen molar-refractivity contribution in [3.05, 3.63) is 89.6 Å². The van der Waals surface area contributed by atoms with Gasteiger partial charge in [0.05, 0.1) is 23.3 Å². The summed E-state index contributed by atoms with van der Waals surface area (Å²) in [5.41, 5.74) is 3.97. The van der Waals surface area contributed by atoms with Crippen molar-refractivity contribution in [2.24, 2.45) is 0 Å². The van der Waals surface area contributed by atoms with E-state index in [1.54, 1.807) is 24.3 Å². The molecular formula is C29H29ClFN7O. The van der Waals surface area contributed by atoms with Gasteiger partial charge in [0, 0.05) is 23.2 Å². The van der Waals surface area contributed by atoms with Gasteiger partial charge in [-0.1, -0.05) is 48.9 Å². The number of likely N-dealkylation sites (N-methyl/N-ethyl adjacent to an activating group) is 1. The molecule has 39 heavy (non-hydrogen) atoms. The van der Waals surface area contributed by atoms with E-state index in [-0.39, 0.29) is 12.4 Å². The molecule has 0 fully saturated rings. The molecule has 0 saturated heterocycles. The number of aromatic nitrogens is 5. The number of hydrogen-bond acceptors (Lipinski definition) is 7. The Morgan fingerprint density at radius 3 is 2.69 bits per heavy atom. The second kappa shape index (κ2) is 12.2. The summed E-state index contributed by atoms with van der Waals surface area (Å²) in [5, 5.41) is 13.3. The molecule has 0 aliphatic carbocycles. The lowest BCUT2D eigenvalue weighted by Crippen LogP contribution is -2.27. The third-order valence-corrected chi connectivity index (χ3v) is 6.78. The molecule has 0 aliphatic rings. The average Bonchev–Trinajstić information content (AvgIpc) is 3.42. The minimum atomic E-state index is -0.304. The number of fused-ring (bicyclic) bond motifs is 1. The van der Waals surface area contributed by atoms with E-state index < -0.39 is 0 Å². The first-order valence-corrected chi connectivity index (χ1v) is 13.2. The molecule has 0 atom stereocenters. The maximum atomic E-state index is 13.4. The summed E-state index contributed by atoms with van der Waals surface area (Å²) in [6, 6.07) is 17.6. The van der Waals surface area contributed by atoms with Gasteiger partial charge in [0.2, 0.25) is 0 Å². The number of anilines is 2. The molecule has 0 saturated carbocycles. The number of benzene rings is 3. The van der Waals surface area contributed by atoms with Crippen molar-refractivity contribution < 1.29 is 9.13 Å². The van der Waals surface area contributed by atoms with E-state index in [9.17, 15) is 4.39 Å². The van der Waals surface area contributed by atoms with Gasteiger partial charge < -0.3 is 15.0 Å². The van der Waals surface area contributed by atoms with E-state index >= 15 is 0 Å². The predicted molar refractivity (Wildman–Crippen MR) is 152 cm³/mol. The van der Waals surface area contributed by atoms with Crippen LogP contribution >= 0.6 is 11.6 Å². The van der Waals surface area contributed by atoms with Gasteiger partial charge in [0.1, 0.15) is 36.0 Å². The summed E-state index contributed by atoms with van der Waals surface area (Å²) >= 11 is 6.49. The van der Waals surface area contributed by atoms with Crippen LogP contribution in [0.3, 0.4) is 0 Å². The van der Waals surface area contributed by atoms with Gasteiger partial charge in [-0.3, -0.25) is 4.68 Å². The number of rotatable bonds is 11. The molecule has 3 aromatic carbocycles. The fraction of sp³-hybridized carbons (Fsp3) is 0.241. The normalized spacial score (nSPS) is 11.3. The smallest absolute Gasteiger partial charge is 0.141 e. The van der Waals surface area contributed by atoms with E-state index in [2.05, 4.69) is 44.3 Å². The van der Waals surface area contributed by atoms with Crippen LogP contribution in [-0.2, 0) is 13.2 Å². The highest BCUT2D eigenvalue weighted by Crippen LogP contribution is 2.32. The summed E-state index contributed by atoms with van der Waals surface area (Å²) in [6.45, 7) is 8.24. The summed E-state index contributed by atoms with van der Waals surface area (Å²) in [7, 11) is 0. The maximum absolute atomic E-state index is 13.4. The molecule has 2 aromatic heterocycles. The summed E-state index contributed by atoms with van der Waals surface area (Å²) in [6.07, 6.45) is 3.48. The Morgan fingerprint density at radius 1 is 1.03 bits per heavy atom. The van der Waals surface area contributed by atoms with Gasteiger partial charge in [0.15, 0.2) is 0 Å². The second-order valence-corrected chi connectivity index (χ2v) is 9.44. The molecule has 0 spiro atoms. The molecule has 5 rings (SSSR count). The largest absolute Gasteiger partial charge is 0.487 e. The molecule has 2 heterocycles. The number of nitrogens with one attached hydrogen (secondary N) is 1. The Morgan fingerprint density at radius 2 is 1.90 bits per heavy atom. The monoisotopic (exact) mass is 545 g/mol. The Hall–Kier alpha value is -4.08. The number of hydrogen-bond donors (Lipinski definition) is 1. The van der Waals surface area contributed by atoms with E-state index in [0.29, 0.717) is 16.6 Å². The summed E-state index contributed by atoms with van der Waals surface area (Å²) in [5.74, 6) is 0.840.